The highest BCUT2D eigenvalue weighted by Crippen LogP contribution is 2.07. The van der Waals surface area contributed by atoms with Crippen molar-refractivity contribution in [2.75, 3.05) is 12.3 Å². The molecule has 0 amide bonds. The van der Waals surface area contributed by atoms with Gasteiger partial charge in [-0.25, -0.2) is 14.1 Å². The minimum atomic E-state index is -1.18. The fourth-order valence-electron chi connectivity index (χ4n) is 0.696. The first-order valence-corrected chi connectivity index (χ1v) is 3.92. The van der Waals surface area contributed by atoms with Crippen LogP contribution in [0.1, 0.15) is 6.42 Å². The standard InChI is InChI=1S/C4H5N3O.C3H5FO2/c5-3-1-2-6-4(8)7-3;4-3-1-2-5-6-3/h1-2H,(H3,5,6,7,8);3H,1-2H2. The van der Waals surface area contributed by atoms with Gasteiger partial charge in [0.05, 0.1) is 6.61 Å². The second-order valence-electron chi connectivity index (χ2n) is 2.44. The number of nitrogen functional groups attached to an aromatic ring is 1. The first kappa shape index (κ1) is 10.6. The summed E-state index contributed by atoms with van der Waals surface area (Å²) in [6.45, 7) is 0.390. The molecule has 0 saturated carbocycles. The summed E-state index contributed by atoms with van der Waals surface area (Å²) in [5.74, 6) is 0.244. The average molecular weight is 203 g/mol. The smallest absolute Gasteiger partial charge is 0.346 e. The lowest BCUT2D eigenvalue weighted by molar-refractivity contribution is -0.299. The van der Waals surface area contributed by atoms with Gasteiger partial charge in [-0.15, -0.1) is 0 Å². The van der Waals surface area contributed by atoms with Crippen LogP contribution in [0, 0.1) is 0 Å². The Morgan fingerprint density at radius 1 is 1.71 bits per heavy atom. The normalized spacial score (nSPS) is 19.9. The summed E-state index contributed by atoms with van der Waals surface area (Å²) in [5.41, 5.74) is 4.72. The molecule has 1 aromatic rings. The predicted octanol–water partition coefficient (Wildman–Crippen LogP) is -0.0140. The Labute approximate surface area is 78.8 Å². The number of nitrogens with zero attached hydrogens (tertiary/aromatic N) is 1. The monoisotopic (exact) mass is 203 g/mol. The minimum absolute atomic E-state index is 0.244. The van der Waals surface area contributed by atoms with Crippen molar-refractivity contribution in [1.82, 2.24) is 9.97 Å². The molecule has 14 heavy (non-hydrogen) atoms. The number of aromatic nitrogens is 2. The highest BCUT2D eigenvalue weighted by Gasteiger charge is 2.13. The molecule has 1 aromatic heterocycles. The summed E-state index contributed by atoms with van der Waals surface area (Å²) in [6.07, 6.45) is 0.648. The van der Waals surface area contributed by atoms with E-state index in [1.54, 1.807) is 0 Å². The van der Waals surface area contributed by atoms with Crippen LogP contribution < -0.4 is 11.4 Å². The van der Waals surface area contributed by atoms with E-state index < -0.39 is 12.0 Å². The van der Waals surface area contributed by atoms with Crippen LogP contribution in [-0.2, 0) is 9.78 Å². The van der Waals surface area contributed by atoms with E-state index in [0.29, 0.717) is 13.0 Å². The number of nitrogens with two attached hydrogens (primary N) is 1. The fraction of sp³-hybridized carbons (Fsp3) is 0.429. The van der Waals surface area contributed by atoms with Gasteiger partial charge >= 0.3 is 5.69 Å². The lowest BCUT2D eigenvalue weighted by Crippen LogP contribution is -2.10. The van der Waals surface area contributed by atoms with Crippen LogP contribution in [0.3, 0.4) is 0 Å². The molecule has 1 aliphatic heterocycles. The summed E-state index contributed by atoms with van der Waals surface area (Å²) in [5, 5.41) is 0. The van der Waals surface area contributed by atoms with E-state index in [1.807, 2.05) is 0 Å². The number of alkyl halides is 1. The second-order valence-corrected chi connectivity index (χ2v) is 2.44. The highest BCUT2D eigenvalue weighted by atomic mass is 19.1. The molecule has 2 rings (SSSR count). The molecule has 1 atom stereocenters. The molecule has 0 radical (unpaired) electrons. The summed E-state index contributed by atoms with van der Waals surface area (Å²) < 4.78 is 11.6. The number of hydrogen-bond donors (Lipinski definition) is 2. The largest absolute Gasteiger partial charge is 0.383 e. The van der Waals surface area contributed by atoms with E-state index in [9.17, 15) is 9.18 Å². The predicted molar refractivity (Wildman–Crippen MR) is 45.8 cm³/mol. The highest BCUT2D eigenvalue weighted by molar-refractivity contribution is 5.22. The van der Waals surface area contributed by atoms with E-state index >= 15 is 0 Å². The first-order chi connectivity index (χ1) is 6.68. The summed E-state index contributed by atoms with van der Waals surface area (Å²) in [7, 11) is 0. The van der Waals surface area contributed by atoms with Crippen LogP contribution in [0.4, 0.5) is 10.2 Å². The van der Waals surface area contributed by atoms with Crippen molar-refractivity contribution >= 4 is 5.82 Å². The number of aromatic amines is 1. The van der Waals surface area contributed by atoms with Crippen LogP contribution in [0.2, 0.25) is 0 Å². The van der Waals surface area contributed by atoms with Crippen molar-refractivity contribution in [3.8, 4) is 0 Å². The Morgan fingerprint density at radius 3 is 2.79 bits per heavy atom. The number of nitrogens with one attached hydrogen (secondary N) is 1. The Kier molecular flexibility index (Phi) is 4.02. The van der Waals surface area contributed by atoms with Crippen molar-refractivity contribution in [1.29, 1.82) is 0 Å². The fourth-order valence-corrected chi connectivity index (χ4v) is 0.696. The molecule has 1 aliphatic rings. The lowest BCUT2D eigenvalue weighted by atomic mass is 10.5. The SMILES string of the molecule is FC1CCOO1.Nc1cc[nH]c(=O)n1. The average Bonchev–Trinajstić information content (AvgIpc) is 2.56. The Morgan fingerprint density at radius 2 is 2.50 bits per heavy atom. The molecule has 0 bridgehead atoms. The molecule has 6 nitrogen and oxygen atoms in total. The molecular weight excluding hydrogens is 193 g/mol. The Hall–Kier alpha value is -1.47. The van der Waals surface area contributed by atoms with Crippen LogP contribution in [0.5, 0.6) is 0 Å². The van der Waals surface area contributed by atoms with Crippen LogP contribution in [-0.4, -0.2) is 22.9 Å². The van der Waals surface area contributed by atoms with Crippen molar-refractivity contribution in [2.24, 2.45) is 0 Å². The van der Waals surface area contributed by atoms with E-state index in [2.05, 4.69) is 19.7 Å². The third-order valence-corrected chi connectivity index (χ3v) is 1.29. The Balaban J connectivity index is 0.000000146. The molecule has 1 unspecified atom stereocenters. The molecule has 1 saturated heterocycles. The van der Waals surface area contributed by atoms with Crippen LogP contribution >= 0.6 is 0 Å². The maximum absolute atomic E-state index is 11.6. The van der Waals surface area contributed by atoms with Crippen molar-refractivity contribution in [3.05, 3.63) is 22.7 Å². The topological polar surface area (TPSA) is 90.2 Å². The summed E-state index contributed by atoms with van der Waals surface area (Å²) in [4.78, 5) is 24.1. The lowest BCUT2D eigenvalue weighted by Gasteiger charge is -1.86. The molecule has 0 spiro atoms. The van der Waals surface area contributed by atoms with Gasteiger partial charge in [0.15, 0.2) is 0 Å². The molecule has 2 heterocycles. The first-order valence-electron chi connectivity index (χ1n) is 3.92. The van der Waals surface area contributed by atoms with Crippen LogP contribution in [0.15, 0.2) is 17.1 Å². The van der Waals surface area contributed by atoms with Crippen molar-refractivity contribution < 1.29 is 14.2 Å². The zero-order chi connectivity index (χ0) is 10.4. The third-order valence-electron chi connectivity index (χ3n) is 1.29. The third kappa shape index (κ3) is 3.97. The van der Waals surface area contributed by atoms with Gasteiger partial charge in [-0.05, 0) is 6.07 Å². The quantitative estimate of drug-likeness (QED) is 0.578. The van der Waals surface area contributed by atoms with Crippen LogP contribution in [0.25, 0.3) is 0 Å². The minimum Gasteiger partial charge on any atom is -0.383 e. The molecule has 7 heteroatoms. The van der Waals surface area contributed by atoms with Gasteiger partial charge < -0.3 is 10.7 Å². The van der Waals surface area contributed by atoms with Crippen molar-refractivity contribution in [2.45, 2.75) is 12.8 Å². The van der Waals surface area contributed by atoms with E-state index in [4.69, 9.17) is 5.73 Å². The number of anilines is 1. The molecule has 3 N–H and O–H groups in total. The zero-order valence-corrected chi connectivity index (χ0v) is 7.27. The van der Waals surface area contributed by atoms with E-state index in [0.717, 1.165) is 0 Å². The summed E-state index contributed by atoms with van der Waals surface area (Å²) in [6, 6.07) is 1.52. The van der Waals surface area contributed by atoms with E-state index in [1.165, 1.54) is 12.3 Å². The van der Waals surface area contributed by atoms with Gasteiger partial charge in [-0.1, -0.05) is 0 Å². The number of hydrogen-bond acceptors (Lipinski definition) is 5. The molecular formula is C7H10FN3O3. The molecule has 0 aromatic carbocycles. The van der Waals surface area contributed by atoms with E-state index in [-0.39, 0.29) is 5.82 Å². The second kappa shape index (κ2) is 5.30. The Bertz CT molecular complexity index is 324. The van der Waals surface area contributed by atoms with Gasteiger partial charge in [-0.3, -0.25) is 0 Å². The summed E-state index contributed by atoms with van der Waals surface area (Å²) >= 11 is 0. The maximum Gasteiger partial charge on any atom is 0.346 e. The van der Waals surface area contributed by atoms with Gasteiger partial charge in [0.25, 0.3) is 0 Å². The van der Waals surface area contributed by atoms with Gasteiger partial charge in [0.1, 0.15) is 5.82 Å². The van der Waals surface area contributed by atoms with Gasteiger partial charge in [0.2, 0.25) is 6.36 Å². The molecule has 0 aliphatic carbocycles. The number of rotatable bonds is 0. The van der Waals surface area contributed by atoms with Gasteiger partial charge in [-0.2, -0.15) is 9.87 Å². The maximum atomic E-state index is 11.6. The van der Waals surface area contributed by atoms with Crippen molar-refractivity contribution in [3.63, 3.8) is 0 Å². The molecule has 1 fully saturated rings. The zero-order valence-electron chi connectivity index (χ0n) is 7.27. The number of H-pyrrole nitrogens is 1. The molecule has 78 valence electrons. The number of halogens is 1. The van der Waals surface area contributed by atoms with Gasteiger partial charge in [0, 0.05) is 12.6 Å².